The highest BCUT2D eigenvalue weighted by Crippen LogP contribution is 2.31. The lowest BCUT2D eigenvalue weighted by Crippen LogP contribution is -2.24. The highest BCUT2D eigenvalue weighted by molar-refractivity contribution is 7.11. The molecule has 106 valence electrons. The average Bonchev–Trinajstić information content (AvgIpc) is 3.01. The van der Waals surface area contributed by atoms with Gasteiger partial charge in [0.05, 0.1) is 6.54 Å². The number of carboxylic acids is 1. The van der Waals surface area contributed by atoms with Crippen molar-refractivity contribution >= 4 is 17.3 Å². The number of aromatic carboxylic acids is 1. The van der Waals surface area contributed by atoms with Crippen LogP contribution in [0.25, 0.3) is 0 Å². The van der Waals surface area contributed by atoms with Crippen molar-refractivity contribution in [1.29, 1.82) is 0 Å². The van der Waals surface area contributed by atoms with E-state index in [-0.39, 0.29) is 5.69 Å². The summed E-state index contributed by atoms with van der Waals surface area (Å²) in [7, 11) is 0. The van der Waals surface area contributed by atoms with E-state index in [0.717, 1.165) is 6.54 Å². The first-order valence-electron chi connectivity index (χ1n) is 6.59. The minimum atomic E-state index is -1.05. The van der Waals surface area contributed by atoms with Crippen molar-refractivity contribution in [3.05, 3.63) is 39.7 Å². The Balaban J connectivity index is 1.69. The van der Waals surface area contributed by atoms with Gasteiger partial charge in [-0.15, -0.1) is 11.3 Å². The molecule has 0 saturated heterocycles. The molecular weight excluding hydrogens is 276 g/mol. The number of rotatable bonds is 6. The zero-order valence-electron chi connectivity index (χ0n) is 11.2. The lowest BCUT2D eigenvalue weighted by molar-refractivity contribution is 0.0690. The number of nitrogens with zero attached hydrogens (tertiary/aromatic N) is 2. The number of hydrogen-bond acceptors (Lipinski definition) is 5. The molecule has 0 amide bonds. The zero-order valence-corrected chi connectivity index (χ0v) is 12.0. The van der Waals surface area contributed by atoms with Crippen LogP contribution in [-0.2, 0) is 13.1 Å². The van der Waals surface area contributed by atoms with Gasteiger partial charge in [0.2, 0.25) is 5.89 Å². The van der Waals surface area contributed by atoms with E-state index in [2.05, 4.69) is 28.9 Å². The minimum absolute atomic E-state index is 0.0253. The lowest BCUT2D eigenvalue weighted by atomic mass is 10.3. The molecule has 5 nitrogen and oxygen atoms in total. The average molecular weight is 292 g/mol. The first-order valence-corrected chi connectivity index (χ1v) is 7.40. The fraction of sp³-hybridized carbons (Fsp3) is 0.429. The van der Waals surface area contributed by atoms with Crippen LogP contribution >= 0.6 is 11.3 Å². The molecule has 1 saturated carbocycles. The summed E-state index contributed by atoms with van der Waals surface area (Å²) in [5, 5.41) is 8.86. The highest BCUT2D eigenvalue weighted by atomic mass is 32.1. The number of carboxylic acid groups (broad SMARTS) is 1. The van der Waals surface area contributed by atoms with Gasteiger partial charge >= 0.3 is 5.97 Å². The number of thiophene rings is 1. The maximum absolute atomic E-state index is 10.8. The van der Waals surface area contributed by atoms with Crippen LogP contribution < -0.4 is 0 Å². The van der Waals surface area contributed by atoms with Crippen molar-refractivity contribution in [2.24, 2.45) is 0 Å². The van der Waals surface area contributed by atoms with Gasteiger partial charge in [-0.25, -0.2) is 9.78 Å². The van der Waals surface area contributed by atoms with Crippen molar-refractivity contribution in [3.63, 3.8) is 0 Å². The van der Waals surface area contributed by atoms with E-state index in [0.29, 0.717) is 18.5 Å². The van der Waals surface area contributed by atoms with Crippen LogP contribution in [0.1, 0.15) is 39.0 Å². The quantitative estimate of drug-likeness (QED) is 0.886. The Morgan fingerprint density at radius 2 is 2.30 bits per heavy atom. The molecule has 2 aromatic heterocycles. The standard InChI is InChI=1S/C14H16N2O3S/c1-9-2-5-11(20-9)6-16(10-3-4-10)7-13-15-12(8-19-13)14(17)18/h2,5,8,10H,3-4,6-7H2,1H3,(H,17,18). The molecule has 0 unspecified atom stereocenters. The van der Waals surface area contributed by atoms with Gasteiger partial charge in [-0.3, -0.25) is 4.90 Å². The summed E-state index contributed by atoms with van der Waals surface area (Å²) < 4.78 is 5.25. The van der Waals surface area contributed by atoms with E-state index in [9.17, 15) is 4.79 Å². The molecule has 2 heterocycles. The number of carbonyl (C=O) groups is 1. The zero-order chi connectivity index (χ0) is 14.1. The molecule has 1 N–H and O–H groups in total. The fourth-order valence-corrected chi connectivity index (χ4v) is 3.10. The third-order valence-electron chi connectivity index (χ3n) is 3.33. The van der Waals surface area contributed by atoms with Gasteiger partial charge in [-0.2, -0.15) is 0 Å². The molecule has 0 radical (unpaired) electrons. The smallest absolute Gasteiger partial charge is 0.357 e. The lowest BCUT2D eigenvalue weighted by Gasteiger charge is -2.19. The van der Waals surface area contributed by atoms with Gasteiger partial charge < -0.3 is 9.52 Å². The highest BCUT2D eigenvalue weighted by Gasteiger charge is 2.30. The summed E-state index contributed by atoms with van der Waals surface area (Å²) >= 11 is 1.80. The van der Waals surface area contributed by atoms with E-state index in [1.165, 1.54) is 28.9 Å². The maximum Gasteiger partial charge on any atom is 0.357 e. The Kier molecular flexibility index (Phi) is 3.58. The Labute approximate surface area is 120 Å². The van der Waals surface area contributed by atoms with Crippen molar-refractivity contribution < 1.29 is 14.3 Å². The number of aromatic nitrogens is 1. The largest absolute Gasteiger partial charge is 0.476 e. The van der Waals surface area contributed by atoms with E-state index >= 15 is 0 Å². The van der Waals surface area contributed by atoms with Gasteiger partial charge in [-0.05, 0) is 31.9 Å². The predicted molar refractivity (Wildman–Crippen MR) is 74.8 cm³/mol. The van der Waals surface area contributed by atoms with Gasteiger partial charge in [0.25, 0.3) is 0 Å². The van der Waals surface area contributed by atoms with Crippen LogP contribution in [0.3, 0.4) is 0 Å². The first-order chi connectivity index (χ1) is 9.61. The summed E-state index contributed by atoms with van der Waals surface area (Å²) in [6.07, 6.45) is 3.59. The third kappa shape index (κ3) is 3.08. The van der Waals surface area contributed by atoms with E-state index < -0.39 is 5.97 Å². The third-order valence-corrected chi connectivity index (χ3v) is 4.31. The Morgan fingerprint density at radius 3 is 2.85 bits per heavy atom. The minimum Gasteiger partial charge on any atom is -0.476 e. The van der Waals surface area contributed by atoms with Crippen LogP contribution in [0.2, 0.25) is 0 Å². The van der Waals surface area contributed by atoms with Crippen molar-refractivity contribution in [1.82, 2.24) is 9.88 Å². The molecule has 3 rings (SSSR count). The van der Waals surface area contributed by atoms with Gasteiger partial charge in [0.1, 0.15) is 6.26 Å². The second-order valence-corrected chi connectivity index (χ2v) is 6.45. The topological polar surface area (TPSA) is 66.6 Å². The predicted octanol–water partition coefficient (Wildman–Crippen LogP) is 2.91. The molecule has 6 heteroatoms. The molecule has 1 aliphatic carbocycles. The van der Waals surface area contributed by atoms with E-state index in [1.807, 2.05) is 0 Å². The normalized spacial score (nSPS) is 14.9. The Morgan fingerprint density at radius 1 is 1.50 bits per heavy atom. The summed E-state index contributed by atoms with van der Waals surface area (Å²) in [6, 6.07) is 4.84. The van der Waals surface area contributed by atoms with Gasteiger partial charge in [0.15, 0.2) is 5.69 Å². The monoisotopic (exact) mass is 292 g/mol. The van der Waals surface area contributed by atoms with Crippen LogP contribution in [0.5, 0.6) is 0 Å². The van der Waals surface area contributed by atoms with Crippen molar-refractivity contribution in [2.75, 3.05) is 0 Å². The van der Waals surface area contributed by atoms with E-state index in [4.69, 9.17) is 9.52 Å². The second-order valence-electron chi connectivity index (χ2n) is 5.08. The van der Waals surface area contributed by atoms with Crippen LogP contribution in [0, 0.1) is 6.92 Å². The molecular formula is C14H16N2O3S. The summed E-state index contributed by atoms with van der Waals surface area (Å²) in [4.78, 5) is 19.7. The van der Waals surface area contributed by atoms with Crippen molar-refractivity contribution in [3.8, 4) is 0 Å². The molecule has 1 aliphatic rings. The van der Waals surface area contributed by atoms with Crippen LogP contribution in [0.15, 0.2) is 22.8 Å². The molecule has 0 bridgehead atoms. The number of aryl methyl sites for hydroxylation is 1. The number of hydrogen-bond donors (Lipinski definition) is 1. The fourth-order valence-electron chi connectivity index (χ4n) is 2.18. The maximum atomic E-state index is 10.8. The van der Waals surface area contributed by atoms with Gasteiger partial charge in [0, 0.05) is 22.3 Å². The first kappa shape index (κ1) is 13.3. The molecule has 0 atom stereocenters. The van der Waals surface area contributed by atoms with Crippen LogP contribution in [0.4, 0.5) is 0 Å². The second kappa shape index (κ2) is 5.38. The molecule has 0 spiro atoms. The molecule has 0 aliphatic heterocycles. The Bertz CT molecular complexity index is 615. The van der Waals surface area contributed by atoms with Gasteiger partial charge in [-0.1, -0.05) is 0 Å². The SMILES string of the molecule is Cc1ccc(CN(Cc2nc(C(=O)O)co2)C2CC2)s1. The summed E-state index contributed by atoms with van der Waals surface area (Å²) in [5.41, 5.74) is -0.0253. The Hall–Kier alpha value is -1.66. The van der Waals surface area contributed by atoms with Crippen LogP contribution in [-0.4, -0.2) is 27.0 Å². The van der Waals surface area contributed by atoms with Crippen molar-refractivity contribution in [2.45, 2.75) is 38.9 Å². The van der Waals surface area contributed by atoms with E-state index in [1.54, 1.807) is 11.3 Å². The number of oxazole rings is 1. The molecule has 1 fully saturated rings. The molecule has 20 heavy (non-hydrogen) atoms. The summed E-state index contributed by atoms with van der Waals surface area (Å²) in [5.74, 6) is -0.575. The summed E-state index contributed by atoms with van der Waals surface area (Å²) in [6.45, 7) is 3.53. The molecule has 2 aromatic rings. The molecule has 0 aromatic carbocycles.